The number of fused-ring (bicyclic) bond motifs is 1. The van der Waals surface area contributed by atoms with E-state index in [0.29, 0.717) is 18.1 Å². The minimum atomic E-state index is -4.66. The summed E-state index contributed by atoms with van der Waals surface area (Å²) in [5.74, 6) is -0.0913. The molecule has 0 saturated heterocycles. The van der Waals surface area contributed by atoms with Gasteiger partial charge in [-0.1, -0.05) is 19.1 Å². The smallest absolute Gasteiger partial charge is 0.370 e. The standard InChI is InChI=1S/C17H16F4N4/c1-3-8-22-13-9-10(2)23-16-14(11-4-6-12(18)7-5-11)15(17(19,20)21)24-25(13)16/h4-7,9,22H,3,8H2,1-2H3. The Kier molecular flexibility index (Phi) is 4.36. The Hall–Kier alpha value is -2.64. The Morgan fingerprint density at radius 3 is 2.44 bits per heavy atom. The van der Waals surface area contributed by atoms with E-state index < -0.39 is 17.7 Å². The molecule has 2 aromatic heterocycles. The first-order valence-electron chi connectivity index (χ1n) is 7.78. The van der Waals surface area contributed by atoms with Gasteiger partial charge in [0, 0.05) is 18.3 Å². The maximum atomic E-state index is 13.5. The second-order valence-corrected chi connectivity index (χ2v) is 5.67. The first-order valence-corrected chi connectivity index (χ1v) is 7.78. The van der Waals surface area contributed by atoms with Crippen molar-refractivity contribution >= 4 is 11.5 Å². The van der Waals surface area contributed by atoms with Crippen LogP contribution in [0.1, 0.15) is 24.7 Å². The van der Waals surface area contributed by atoms with E-state index in [-0.39, 0.29) is 16.8 Å². The van der Waals surface area contributed by atoms with Crippen molar-refractivity contribution < 1.29 is 17.6 Å². The number of nitrogens with zero attached hydrogens (tertiary/aromatic N) is 3. The van der Waals surface area contributed by atoms with Crippen LogP contribution in [0.15, 0.2) is 30.3 Å². The number of hydrogen-bond donors (Lipinski definition) is 1. The highest BCUT2D eigenvalue weighted by Crippen LogP contribution is 2.39. The minimum absolute atomic E-state index is 0.0811. The third-order valence-electron chi connectivity index (χ3n) is 3.67. The lowest BCUT2D eigenvalue weighted by Gasteiger charge is -2.08. The van der Waals surface area contributed by atoms with Gasteiger partial charge in [0.25, 0.3) is 0 Å². The van der Waals surface area contributed by atoms with Gasteiger partial charge in [0.05, 0.1) is 5.56 Å². The summed E-state index contributed by atoms with van der Waals surface area (Å²) in [5.41, 5.74) is -0.351. The van der Waals surface area contributed by atoms with Gasteiger partial charge < -0.3 is 5.32 Å². The normalized spacial score (nSPS) is 11.9. The zero-order valence-corrected chi connectivity index (χ0v) is 13.7. The van der Waals surface area contributed by atoms with Crippen LogP contribution in [0.4, 0.5) is 23.4 Å². The molecule has 25 heavy (non-hydrogen) atoms. The molecule has 0 amide bonds. The monoisotopic (exact) mass is 352 g/mol. The zero-order chi connectivity index (χ0) is 18.2. The van der Waals surface area contributed by atoms with Crippen LogP contribution >= 0.6 is 0 Å². The molecular formula is C17H16F4N4. The molecule has 132 valence electrons. The summed E-state index contributed by atoms with van der Waals surface area (Å²) in [7, 11) is 0. The Labute approximate surface area is 141 Å². The van der Waals surface area contributed by atoms with Gasteiger partial charge in [0.15, 0.2) is 11.3 Å². The number of nitrogens with one attached hydrogen (secondary N) is 1. The summed E-state index contributed by atoms with van der Waals surface area (Å²) < 4.78 is 54.9. The fourth-order valence-corrected chi connectivity index (χ4v) is 2.60. The van der Waals surface area contributed by atoms with Crippen LogP contribution in [0.3, 0.4) is 0 Å². The number of anilines is 1. The molecule has 0 aliphatic rings. The third-order valence-corrected chi connectivity index (χ3v) is 3.67. The molecule has 0 spiro atoms. The first-order chi connectivity index (χ1) is 11.8. The van der Waals surface area contributed by atoms with E-state index in [1.165, 1.54) is 12.1 Å². The molecule has 3 rings (SSSR count). The number of benzene rings is 1. The van der Waals surface area contributed by atoms with Crippen molar-refractivity contribution in [3.63, 3.8) is 0 Å². The van der Waals surface area contributed by atoms with Gasteiger partial charge in [0.1, 0.15) is 11.6 Å². The summed E-state index contributed by atoms with van der Waals surface area (Å²) in [6.07, 6.45) is -3.85. The van der Waals surface area contributed by atoms with E-state index in [4.69, 9.17) is 0 Å². The molecular weight excluding hydrogens is 336 g/mol. The zero-order valence-electron chi connectivity index (χ0n) is 13.7. The molecule has 0 bridgehead atoms. The average Bonchev–Trinajstić information content (AvgIpc) is 2.93. The van der Waals surface area contributed by atoms with Crippen molar-refractivity contribution in [3.05, 3.63) is 47.5 Å². The van der Waals surface area contributed by atoms with Crippen LogP contribution in [0, 0.1) is 12.7 Å². The van der Waals surface area contributed by atoms with Crippen LogP contribution in [0.25, 0.3) is 16.8 Å². The predicted molar refractivity (Wildman–Crippen MR) is 86.9 cm³/mol. The molecule has 0 saturated carbocycles. The van der Waals surface area contributed by atoms with Crippen LogP contribution in [-0.4, -0.2) is 21.1 Å². The molecule has 0 radical (unpaired) electrons. The van der Waals surface area contributed by atoms with E-state index >= 15 is 0 Å². The lowest BCUT2D eigenvalue weighted by Crippen LogP contribution is -2.09. The fraction of sp³-hybridized carbons (Fsp3) is 0.294. The number of hydrogen-bond acceptors (Lipinski definition) is 3. The molecule has 0 aliphatic carbocycles. The molecule has 0 aliphatic heterocycles. The first kappa shape index (κ1) is 17.2. The summed E-state index contributed by atoms with van der Waals surface area (Å²) in [6.45, 7) is 4.24. The van der Waals surface area contributed by atoms with Crippen LogP contribution in [-0.2, 0) is 6.18 Å². The van der Waals surface area contributed by atoms with Gasteiger partial charge in [-0.2, -0.15) is 22.8 Å². The maximum Gasteiger partial charge on any atom is 0.435 e. The lowest BCUT2D eigenvalue weighted by atomic mass is 10.1. The highest BCUT2D eigenvalue weighted by atomic mass is 19.4. The van der Waals surface area contributed by atoms with Crippen LogP contribution in [0.5, 0.6) is 0 Å². The van der Waals surface area contributed by atoms with E-state index in [9.17, 15) is 17.6 Å². The summed E-state index contributed by atoms with van der Waals surface area (Å²) in [4.78, 5) is 4.24. The van der Waals surface area contributed by atoms with Gasteiger partial charge >= 0.3 is 6.18 Å². The second-order valence-electron chi connectivity index (χ2n) is 5.67. The summed E-state index contributed by atoms with van der Waals surface area (Å²) in [5, 5.41) is 6.81. The van der Waals surface area contributed by atoms with Crippen molar-refractivity contribution in [2.24, 2.45) is 0 Å². The van der Waals surface area contributed by atoms with Gasteiger partial charge in [-0.15, -0.1) is 0 Å². The van der Waals surface area contributed by atoms with Gasteiger partial charge in [0.2, 0.25) is 0 Å². The fourth-order valence-electron chi connectivity index (χ4n) is 2.60. The Bertz CT molecular complexity index is 898. The van der Waals surface area contributed by atoms with Crippen molar-refractivity contribution in [1.82, 2.24) is 14.6 Å². The average molecular weight is 352 g/mol. The number of halogens is 4. The quantitative estimate of drug-likeness (QED) is 0.693. The summed E-state index contributed by atoms with van der Waals surface area (Å²) in [6, 6.07) is 6.47. The molecule has 0 fully saturated rings. The molecule has 8 heteroatoms. The van der Waals surface area contributed by atoms with Crippen molar-refractivity contribution in [2.45, 2.75) is 26.4 Å². The van der Waals surface area contributed by atoms with Gasteiger partial charge in [-0.25, -0.2) is 9.37 Å². The third kappa shape index (κ3) is 3.29. The largest absolute Gasteiger partial charge is 0.435 e. The second kappa shape index (κ2) is 6.34. The Morgan fingerprint density at radius 2 is 1.84 bits per heavy atom. The van der Waals surface area contributed by atoms with E-state index in [2.05, 4.69) is 15.4 Å². The highest BCUT2D eigenvalue weighted by Gasteiger charge is 2.39. The molecule has 1 N–H and O–H groups in total. The van der Waals surface area contributed by atoms with Crippen LogP contribution < -0.4 is 5.32 Å². The number of aromatic nitrogens is 3. The number of rotatable bonds is 4. The number of aryl methyl sites for hydroxylation is 1. The molecule has 0 atom stereocenters. The highest BCUT2D eigenvalue weighted by molar-refractivity contribution is 5.81. The predicted octanol–water partition coefficient (Wildman–Crippen LogP) is 4.68. The van der Waals surface area contributed by atoms with Crippen molar-refractivity contribution in [1.29, 1.82) is 0 Å². The van der Waals surface area contributed by atoms with Gasteiger partial charge in [-0.05, 0) is 31.0 Å². The van der Waals surface area contributed by atoms with Gasteiger partial charge in [-0.3, -0.25) is 0 Å². The Balaban J connectivity index is 2.32. The molecule has 3 aromatic rings. The molecule has 0 unspecified atom stereocenters. The van der Waals surface area contributed by atoms with E-state index in [1.54, 1.807) is 13.0 Å². The molecule has 1 aromatic carbocycles. The minimum Gasteiger partial charge on any atom is -0.370 e. The molecule has 4 nitrogen and oxygen atoms in total. The van der Waals surface area contributed by atoms with Crippen LogP contribution in [0.2, 0.25) is 0 Å². The lowest BCUT2D eigenvalue weighted by molar-refractivity contribution is -0.140. The Morgan fingerprint density at radius 1 is 1.16 bits per heavy atom. The maximum absolute atomic E-state index is 13.5. The van der Waals surface area contributed by atoms with E-state index in [1.807, 2.05) is 6.92 Å². The van der Waals surface area contributed by atoms with E-state index in [0.717, 1.165) is 23.1 Å². The summed E-state index contributed by atoms with van der Waals surface area (Å²) >= 11 is 0. The van der Waals surface area contributed by atoms with Crippen molar-refractivity contribution in [3.8, 4) is 11.1 Å². The van der Waals surface area contributed by atoms with Crippen molar-refractivity contribution in [2.75, 3.05) is 11.9 Å². The number of alkyl halides is 3. The SMILES string of the molecule is CCCNc1cc(C)nc2c(-c3ccc(F)cc3)c(C(F)(F)F)nn12. The topological polar surface area (TPSA) is 42.2 Å². The molecule has 2 heterocycles.